The summed E-state index contributed by atoms with van der Waals surface area (Å²) >= 11 is 0. The number of carbonyl (C=O) groups excluding carboxylic acids is 4. The Morgan fingerprint density at radius 3 is 0.636 bits per heavy atom. The van der Waals surface area contributed by atoms with Gasteiger partial charge in [-0.15, -0.1) is 0 Å². The Bertz CT molecular complexity index is 2030. The van der Waals surface area contributed by atoms with Crippen LogP contribution in [0.2, 0.25) is 0 Å². The lowest BCUT2D eigenvalue weighted by molar-refractivity contribution is -0.161. The number of esters is 4. The summed E-state index contributed by atoms with van der Waals surface area (Å²) in [6.45, 7) is 7.32. The molecule has 2 unspecified atom stereocenters. The van der Waals surface area contributed by atoms with Gasteiger partial charge < -0.3 is 33.8 Å². The number of carbonyl (C=O) groups is 4. The molecule has 5 atom stereocenters. The van der Waals surface area contributed by atoms with Gasteiger partial charge in [-0.2, -0.15) is 0 Å². The Hall–Kier alpha value is -1.94. The molecule has 0 heterocycles. The van der Waals surface area contributed by atoms with Gasteiger partial charge in [-0.25, -0.2) is 9.13 Å². The minimum atomic E-state index is -4.97. The van der Waals surface area contributed by atoms with Crippen LogP contribution in [0.15, 0.2) is 0 Å². The molecule has 0 aromatic carbocycles. The molecule has 0 fully saturated rings. The van der Waals surface area contributed by atoms with Crippen LogP contribution in [0.1, 0.15) is 478 Å². The van der Waals surface area contributed by atoms with Crippen LogP contribution < -0.4 is 0 Å². The molecule has 0 aliphatic heterocycles. The topological polar surface area (TPSA) is 237 Å². The standard InChI is InChI=1S/C88H172O17P2/c1-6-9-12-15-18-21-24-27-30-32-34-36-37-39-41-44-47-50-53-58-64-69-74-87(92)104-83(77-98-85(90)71-66-61-56-51-48-45-43-40-38-35-33-31-28-25-22-19-16-13-10-7-2)79-102-106(94,95)100-75-82(89)76-101-107(96,97)103-80-84(78-99-86(91)72-67-62-59-54-55-60-65-70-81(4)5)105-88(93)73-68-63-57-52-49-46-42-29-26-23-20-17-14-11-8-3/h81-84,89H,6-80H2,1-5H3,(H,94,95)(H,96,97)/t82-,83-,84-/m1/s1. The molecule has 0 aliphatic carbocycles. The number of unbranched alkanes of at least 4 members (excludes halogenated alkanes) is 60. The molecule has 107 heavy (non-hydrogen) atoms. The van der Waals surface area contributed by atoms with Gasteiger partial charge in [0.2, 0.25) is 0 Å². The van der Waals surface area contributed by atoms with Crippen LogP contribution in [0.3, 0.4) is 0 Å². The van der Waals surface area contributed by atoms with E-state index in [2.05, 4.69) is 34.6 Å². The lowest BCUT2D eigenvalue weighted by atomic mass is 10.0. The maximum Gasteiger partial charge on any atom is 0.472 e. The van der Waals surface area contributed by atoms with Gasteiger partial charge in [0.05, 0.1) is 26.4 Å². The van der Waals surface area contributed by atoms with E-state index in [-0.39, 0.29) is 25.7 Å². The van der Waals surface area contributed by atoms with E-state index in [1.807, 2.05) is 0 Å². The molecule has 0 saturated heterocycles. The van der Waals surface area contributed by atoms with Crippen molar-refractivity contribution in [3.8, 4) is 0 Å². The Morgan fingerprint density at radius 2 is 0.430 bits per heavy atom. The summed E-state index contributed by atoms with van der Waals surface area (Å²) in [5.74, 6) is -1.39. The second-order valence-electron chi connectivity index (χ2n) is 32.1. The Kier molecular flexibility index (Phi) is 79.2. The molecule has 0 spiro atoms. The van der Waals surface area contributed by atoms with Gasteiger partial charge in [0.1, 0.15) is 19.3 Å². The third-order valence-electron chi connectivity index (χ3n) is 20.8. The number of phosphoric ester groups is 2. The van der Waals surface area contributed by atoms with Crippen molar-refractivity contribution >= 4 is 39.5 Å². The van der Waals surface area contributed by atoms with Gasteiger partial charge in [-0.3, -0.25) is 37.3 Å². The van der Waals surface area contributed by atoms with Crippen LogP contribution in [0, 0.1) is 5.92 Å². The van der Waals surface area contributed by atoms with Gasteiger partial charge in [0.15, 0.2) is 12.2 Å². The minimum absolute atomic E-state index is 0.108. The largest absolute Gasteiger partial charge is 0.472 e. The molecule has 19 heteroatoms. The molecule has 0 amide bonds. The molecule has 3 N–H and O–H groups in total. The van der Waals surface area contributed by atoms with E-state index >= 15 is 0 Å². The lowest BCUT2D eigenvalue weighted by Crippen LogP contribution is -2.30. The zero-order valence-electron chi connectivity index (χ0n) is 70.3. The lowest BCUT2D eigenvalue weighted by Gasteiger charge is -2.21. The average Bonchev–Trinajstić information content (AvgIpc) is 0.909. The summed E-state index contributed by atoms with van der Waals surface area (Å²) in [5.41, 5.74) is 0. The molecular formula is C88H172O17P2. The Morgan fingerprint density at radius 1 is 0.252 bits per heavy atom. The zero-order chi connectivity index (χ0) is 78.3. The summed E-state index contributed by atoms with van der Waals surface area (Å²) in [7, 11) is -9.93. The van der Waals surface area contributed by atoms with Crippen LogP contribution in [0.4, 0.5) is 0 Å². The summed E-state index contributed by atoms with van der Waals surface area (Å²) in [6.07, 6.45) is 75.3. The van der Waals surface area contributed by atoms with Gasteiger partial charge in [-0.1, -0.05) is 426 Å². The number of rotatable bonds is 88. The summed E-state index contributed by atoms with van der Waals surface area (Å²) in [6, 6.07) is 0. The van der Waals surface area contributed by atoms with Crippen molar-refractivity contribution in [1.82, 2.24) is 0 Å². The van der Waals surface area contributed by atoms with Crippen LogP contribution in [-0.4, -0.2) is 96.7 Å². The smallest absolute Gasteiger partial charge is 0.462 e. The van der Waals surface area contributed by atoms with Gasteiger partial charge >= 0.3 is 39.5 Å². The Balaban J connectivity index is 5.21. The number of hydrogen-bond donors (Lipinski definition) is 3. The van der Waals surface area contributed by atoms with Crippen molar-refractivity contribution in [2.75, 3.05) is 39.6 Å². The van der Waals surface area contributed by atoms with Crippen molar-refractivity contribution in [2.24, 2.45) is 5.92 Å². The highest BCUT2D eigenvalue weighted by atomic mass is 31.2. The van der Waals surface area contributed by atoms with E-state index in [9.17, 15) is 43.2 Å². The number of aliphatic hydroxyl groups excluding tert-OH is 1. The maximum atomic E-state index is 13.2. The molecule has 0 bridgehead atoms. The molecule has 0 radical (unpaired) electrons. The SMILES string of the molecule is CCCCCCCCCCCCCCCCCCCCCCCCC(=O)O[C@H](COC(=O)CCCCCCCCCCCCCCCCCCCCCC)COP(=O)(O)OC[C@@H](O)COP(=O)(O)OC[C@@H](COC(=O)CCCCCCCCCC(C)C)OC(=O)CCCCCCCCCCCCCCCCC. The van der Waals surface area contributed by atoms with Crippen molar-refractivity contribution < 1.29 is 80.2 Å². The van der Waals surface area contributed by atoms with Crippen LogP contribution in [0.25, 0.3) is 0 Å². The number of aliphatic hydroxyl groups is 1. The average molecular weight is 1560 g/mol. The number of hydrogen-bond acceptors (Lipinski definition) is 15. The zero-order valence-corrected chi connectivity index (χ0v) is 72.1. The first kappa shape index (κ1) is 105. The van der Waals surface area contributed by atoms with Crippen molar-refractivity contribution in [3.05, 3.63) is 0 Å². The second-order valence-corrected chi connectivity index (χ2v) is 35.0. The Labute approximate surface area is 658 Å². The minimum Gasteiger partial charge on any atom is -0.462 e. The third-order valence-corrected chi connectivity index (χ3v) is 22.7. The van der Waals surface area contributed by atoms with E-state index in [0.717, 1.165) is 96.3 Å². The molecule has 0 aromatic heterocycles. The quantitative estimate of drug-likeness (QED) is 0.0222. The van der Waals surface area contributed by atoms with E-state index in [1.165, 1.54) is 295 Å². The van der Waals surface area contributed by atoms with E-state index in [4.69, 9.17) is 37.0 Å². The van der Waals surface area contributed by atoms with Crippen molar-refractivity contribution in [3.63, 3.8) is 0 Å². The predicted octanol–water partition coefficient (Wildman–Crippen LogP) is 27.2. The highest BCUT2D eigenvalue weighted by Gasteiger charge is 2.30. The molecule has 0 rings (SSSR count). The fraction of sp³-hybridized carbons (Fsp3) is 0.955. The molecule has 17 nitrogen and oxygen atoms in total. The van der Waals surface area contributed by atoms with E-state index in [1.54, 1.807) is 0 Å². The van der Waals surface area contributed by atoms with Crippen LogP contribution in [-0.2, 0) is 65.4 Å². The summed E-state index contributed by atoms with van der Waals surface area (Å²) in [5, 5.41) is 10.7. The van der Waals surface area contributed by atoms with Gasteiger partial charge in [0.25, 0.3) is 0 Å². The number of phosphoric acid groups is 2. The number of ether oxygens (including phenoxy) is 4. The first-order valence-electron chi connectivity index (χ1n) is 45.6. The highest BCUT2D eigenvalue weighted by molar-refractivity contribution is 7.47. The third kappa shape index (κ3) is 81.9. The maximum absolute atomic E-state index is 13.2. The monoisotopic (exact) mass is 1560 g/mol. The first-order chi connectivity index (χ1) is 52.0. The van der Waals surface area contributed by atoms with Crippen molar-refractivity contribution in [1.29, 1.82) is 0 Å². The molecule has 636 valence electrons. The van der Waals surface area contributed by atoms with Gasteiger partial charge in [-0.05, 0) is 31.6 Å². The fourth-order valence-electron chi connectivity index (χ4n) is 13.8. The van der Waals surface area contributed by atoms with Gasteiger partial charge in [0, 0.05) is 25.7 Å². The summed E-state index contributed by atoms with van der Waals surface area (Å²) < 4.78 is 68.9. The molecule has 0 saturated carbocycles. The predicted molar refractivity (Wildman–Crippen MR) is 442 cm³/mol. The molecule has 0 aromatic rings. The fourth-order valence-corrected chi connectivity index (χ4v) is 15.4. The highest BCUT2D eigenvalue weighted by Crippen LogP contribution is 2.45. The van der Waals surface area contributed by atoms with Crippen LogP contribution >= 0.6 is 15.6 Å². The first-order valence-corrected chi connectivity index (χ1v) is 48.6. The summed E-state index contributed by atoms with van der Waals surface area (Å²) in [4.78, 5) is 73.2. The van der Waals surface area contributed by atoms with E-state index < -0.39 is 97.5 Å². The van der Waals surface area contributed by atoms with Crippen molar-refractivity contribution in [2.45, 2.75) is 496 Å². The van der Waals surface area contributed by atoms with E-state index in [0.29, 0.717) is 31.6 Å². The molecular weight excluding hydrogens is 1390 g/mol. The second kappa shape index (κ2) is 80.7. The van der Waals surface area contributed by atoms with Crippen LogP contribution in [0.5, 0.6) is 0 Å². The normalized spacial score (nSPS) is 13.7. The molecule has 0 aliphatic rings.